The van der Waals surface area contributed by atoms with Crippen LogP contribution in [0.4, 0.5) is 4.79 Å². The van der Waals surface area contributed by atoms with Gasteiger partial charge in [0.05, 0.1) is 11.8 Å². The summed E-state index contributed by atoms with van der Waals surface area (Å²) in [5, 5.41) is 19.7. The lowest BCUT2D eigenvalue weighted by Gasteiger charge is -2.25. The van der Waals surface area contributed by atoms with Gasteiger partial charge >= 0.3 is 6.03 Å². The normalized spacial score (nSPS) is 22.0. The molecule has 0 saturated heterocycles. The minimum Gasteiger partial charge on any atom is -0.393 e. The Labute approximate surface area is 125 Å². The molecule has 1 saturated carbocycles. The maximum absolute atomic E-state index is 11.8. The zero-order chi connectivity index (χ0) is 15.2. The number of aromatic nitrogens is 2. The molecule has 6 heteroatoms. The largest absolute Gasteiger partial charge is 0.393 e. The van der Waals surface area contributed by atoms with Gasteiger partial charge in [-0.05, 0) is 31.6 Å². The Morgan fingerprint density at radius 3 is 3.00 bits per heavy atom. The van der Waals surface area contributed by atoms with Crippen LogP contribution in [-0.4, -0.2) is 33.6 Å². The number of carbonyl (C=O) groups excluding carboxylic acids is 1. The molecule has 2 unspecified atom stereocenters. The van der Waals surface area contributed by atoms with E-state index in [9.17, 15) is 9.90 Å². The van der Waals surface area contributed by atoms with Gasteiger partial charge in [0.15, 0.2) is 0 Å². The van der Waals surface area contributed by atoms with Gasteiger partial charge in [0.1, 0.15) is 0 Å². The van der Waals surface area contributed by atoms with E-state index in [4.69, 9.17) is 0 Å². The second kappa shape index (κ2) is 7.45. The van der Waals surface area contributed by atoms with Crippen molar-refractivity contribution < 1.29 is 9.90 Å². The summed E-state index contributed by atoms with van der Waals surface area (Å²) in [7, 11) is 1.89. The Hall–Kier alpha value is -1.56. The van der Waals surface area contributed by atoms with Crippen molar-refractivity contribution in [3.8, 4) is 0 Å². The van der Waals surface area contributed by atoms with E-state index >= 15 is 0 Å². The monoisotopic (exact) mass is 294 g/mol. The van der Waals surface area contributed by atoms with Gasteiger partial charge in [0, 0.05) is 31.9 Å². The van der Waals surface area contributed by atoms with Crippen LogP contribution in [0.5, 0.6) is 0 Å². The van der Waals surface area contributed by atoms with Crippen molar-refractivity contribution >= 4 is 6.03 Å². The number of rotatable bonds is 5. The minimum absolute atomic E-state index is 0.152. The zero-order valence-electron chi connectivity index (χ0n) is 12.9. The van der Waals surface area contributed by atoms with Crippen LogP contribution < -0.4 is 10.6 Å². The predicted octanol–water partition coefficient (Wildman–Crippen LogP) is 1.33. The van der Waals surface area contributed by atoms with Gasteiger partial charge in [-0.3, -0.25) is 4.68 Å². The molecule has 6 nitrogen and oxygen atoms in total. The second-order valence-electron chi connectivity index (χ2n) is 5.88. The average Bonchev–Trinajstić information content (AvgIpc) is 2.83. The van der Waals surface area contributed by atoms with Gasteiger partial charge in [0.25, 0.3) is 0 Å². The fourth-order valence-electron chi connectivity index (χ4n) is 2.95. The molecule has 1 aliphatic rings. The lowest BCUT2D eigenvalue weighted by atomic mass is 9.87. The van der Waals surface area contributed by atoms with Crippen molar-refractivity contribution in [1.82, 2.24) is 20.4 Å². The number of aliphatic hydroxyl groups excluding tert-OH is 1. The molecular weight excluding hydrogens is 268 g/mol. The summed E-state index contributed by atoms with van der Waals surface area (Å²) in [4.78, 5) is 11.8. The number of carbonyl (C=O) groups is 1. The molecule has 21 heavy (non-hydrogen) atoms. The van der Waals surface area contributed by atoms with Crippen LogP contribution in [-0.2, 0) is 20.0 Å². The van der Waals surface area contributed by atoms with Gasteiger partial charge in [-0.1, -0.05) is 13.3 Å². The third kappa shape index (κ3) is 4.74. The topological polar surface area (TPSA) is 79.2 Å². The molecule has 118 valence electrons. The number of urea groups is 1. The molecule has 1 aromatic heterocycles. The highest BCUT2D eigenvalue weighted by atomic mass is 16.3. The fourth-order valence-corrected chi connectivity index (χ4v) is 2.95. The summed E-state index contributed by atoms with van der Waals surface area (Å²) in [5.41, 5.74) is 2.08. The first kappa shape index (κ1) is 15.8. The Morgan fingerprint density at radius 2 is 2.29 bits per heavy atom. The second-order valence-corrected chi connectivity index (χ2v) is 5.88. The smallest absolute Gasteiger partial charge is 0.315 e. The number of nitrogens with one attached hydrogen (secondary N) is 2. The van der Waals surface area contributed by atoms with Crippen molar-refractivity contribution in [2.24, 2.45) is 13.0 Å². The summed E-state index contributed by atoms with van der Waals surface area (Å²) in [6, 6.07) is -0.152. The van der Waals surface area contributed by atoms with Crippen LogP contribution in [0.25, 0.3) is 0 Å². The third-order valence-corrected chi connectivity index (χ3v) is 4.07. The summed E-state index contributed by atoms with van der Waals surface area (Å²) in [5.74, 6) is 0.393. The SMILES string of the molecule is CCc1nn(C)cc1CNC(=O)NCC1CCCC(O)C1. The van der Waals surface area contributed by atoms with E-state index in [0.717, 1.165) is 43.4 Å². The average molecular weight is 294 g/mol. The van der Waals surface area contributed by atoms with Crippen molar-refractivity contribution in [2.75, 3.05) is 6.54 Å². The summed E-state index contributed by atoms with van der Waals surface area (Å²) >= 11 is 0. The van der Waals surface area contributed by atoms with Crippen LogP contribution in [0.15, 0.2) is 6.20 Å². The zero-order valence-corrected chi connectivity index (χ0v) is 12.9. The Bertz CT molecular complexity index is 472. The van der Waals surface area contributed by atoms with E-state index in [2.05, 4.69) is 22.7 Å². The van der Waals surface area contributed by atoms with Crippen molar-refractivity contribution in [3.63, 3.8) is 0 Å². The number of aryl methyl sites for hydroxylation is 2. The van der Waals surface area contributed by atoms with Crippen LogP contribution in [0, 0.1) is 5.92 Å². The third-order valence-electron chi connectivity index (χ3n) is 4.07. The molecule has 2 amide bonds. The van der Waals surface area contributed by atoms with Gasteiger partial charge in [0.2, 0.25) is 0 Å². The lowest BCUT2D eigenvalue weighted by molar-refractivity contribution is 0.101. The molecule has 2 rings (SSSR count). The van der Waals surface area contributed by atoms with Gasteiger partial charge in [-0.15, -0.1) is 0 Å². The molecule has 3 N–H and O–H groups in total. The summed E-state index contributed by atoms with van der Waals surface area (Å²) < 4.78 is 1.77. The number of hydrogen-bond acceptors (Lipinski definition) is 3. The minimum atomic E-state index is -0.198. The maximum Gasteiger partial charge on any atom is 0.315 e. The highest BCUT2D eigenvalue weighted by Gasteiger charge is 2.20. The van der Waals surface area contributed by atoms with Crippen molar-refractivity contribution in [3.05, 3.63) is 17.5 Å². The Balaban J connectivity index is 1.72. The standard InChI is InChI=1S/C15H26N4O2/c1-3-14-12(10-19(2)18-14)9-17-15(21)16-8-11-5-4-6-13(20)7-11/h10-11,13,20H,3-9H2,1-2H3,(H2,16,17,21). The van der Waals surface area contributed by atoms with E-state index in [1.165, 1.54) is 0 Å². The molecular formula is C15H26N4O2. The molecule has 1 heterocycles. The van der Waals surface area contributed by atoms with E-state index in [1.54, 1.807) is 4.68 Å². The first-order valence-electron chi connectivity index (χ1n) is 7.79. The molecule has 2 atom stereocenters. The van der Waals surface area contributed by atoms with Gasteiger partial charge in [-0.2, -0.15) is 5.10 Å². The van der Waals surface area contributed by atoms with Crippen molar-refractivity contribution in [2.45, 2.75) is 51.7 Å². The van der Waals surface area contributed by atoms with E-state index in [1.807, 2.05) is 13.2 Å². The number of hydrogen-bond donors (Lipinski definition) is 3. The van der Waals surface area contributed by atoms with Gasteiger partial charge in [-0.25, -0.2) is 4.79 Å². The van der Waals surface area contributed by atoms with E-state index < -0.39 is 0 Å². The molecule has 0 bridgehead atoms. The predicted molar refractivity (Wildman–Crippen MR) is 80.8 cm³/mol. The number of aliphatic hydroxyl groups is 1. The fraction of sp³-hybridized carbons (Fsp3) is 0.733. The van der Waals surface area contributed by atoms with Crippen LogP contribution >= 0.6 is 0 Å². The molecule has 0 aromatic carbocycles. The molecule has 0 spiro atoms. The van der Waals surface area contributed by atoms with Crippen LogP contribution in [0.3, 0.4) is 0 Å². The molecule has 1 aromatic rings. The highest BCUT2D eigenvalue weighted by molar-refractivity contribution is 5.73. The summed E-state index contributed by atoms with van der Waals surface area (Å²) in [6.45, 7) is 3.19. The quantitative estimate of drug-likeness (QED) is 0.766. The molecule has 0 radical (unpaired) electrons. The van der Waals surface area contributed by atoms with Crippen molar-refractivity contribution in [1.29, 1.82) is 0 Å². The molecule has 1 fully saturated rings. The molecule has 0 aliphatic heterocycles. The Kier molecular flexibility index (Phi) is 5.61. The number of amides is 2. The lowest BCUT2D eigenvalue weighted by Crippen LogP contribution is -2.39. The van der Waals surface area contributed by atoms with Crippen LogP contribution in [0.2, 0.25) is 0 Å². The first-order valence-corrected chi connectivity index (χ1v) is 7.79. The van der Waals surface area contributed by atoms with Crippen LogP contribution in [0.1, 0.15) is 43.9 Å². The van der Waals surface area contributed by atoms with E-state index in [-0.39, 0.29) is 12.1 Å². The first-order chi connectivity index (χ1) is 10.1. The Morgan fingerprint density at radius 1 is 1.48 bits per heavy atom. The number of nitrogens with zero attached hydrogens (tertiary/aromatic N) is 2. The highest BCUT2D eigenvalue weighted by Crippen LogP contribution is 2.23. The summed E-state index contributed by atoms with van der Waals surface area (Å²) in [6.07, 6.45) is 6.42. The van der Waals surface area contributed by atoms with E-state index in [0.29, 0.717) is 19.0 Å². The van der Waals surface area contributed by atoms with Gasteiger partial charge < -0.3 is 15.7 Å². The maximum atomic E-state index is 11.8. The molecule has 1 aliphatic carbocycles.